The Balaban J connectivity index is 1.70. The van der Waals surface area contributed by atoms with Crippen LogP contribution >= 0.6 is 0 Å². The maximum Gasteiger partial charge on any atom is 0.324 e. The molecule has 0 saturated carbocycles. The number of hydrogen-bond donors (Lipinski definition) is 2. The Morgan fingerprint density at radius 1 is 1.08 bits per heavy atom. The second kappa shape index (κ2) is 6.67. The van der Waals surface area contributed by atoms with Crippen molar-refractivity contribution in [3.8, 4) is 17.3 Å². The fourth-order valence-corrected chi connectivity index (χ4v) is 2.31. The summed E-state index contributed by atoms with van der Waals surface area (Å²) >= 11 is 0. The van der Waals surface area contributed by atoms with Gasteiger partial charge in [0.05, 0.1) is 17.3 Å². The molecule has 24 heavy (non-hydrogen) atoms. The second-order valence-electron chi connectivity index (χ2n) is 5.17. The van der Waals surface area contributed by atoms with Gasteiger partial charge in [-0.1, -0.05) is 30.3 Å². The summed E-state index contributed by atoms with van der Waals surface area (Å²) in [5.74, 6) is 0.461. The Kier molecular flexibility index (Phi) is 4.25. The van der Waals surface area contributed by atoms with Gasteiger partial charge in [0, 0.05) is 18.8 Å². The number of benzene rings is 2. The molecule has 0 saturated heterocycles. The van der Waals surface area contributed by atoms with E-state index >= 15 is 0 Å². The van der Waals surface area contributed by atoms with Crippen LogP contribution in [0.1, 0.15) is 5.56 Å². The highest BCUT2D eigenvalue weighted by atomic mass is 16.2. The van der Waals surface area contributed by atoms with Crippen molar-refractivity contribution >= 4 is 17.5 Å². The molecule has 1 aromatic heterocycles. The molecule has 0 bridgehead atoms. The van der Waals surface area contributed by atoms with Gasteiger partial charge in [0.15, 0.2) is 5.82 Å². The van der Waals surface area contributed by atoms with Crippen molar-refractivity contribution in [3.05, 3.63) is 66.2 Å². The zero-order chi connectivity index (χ0) is 16.9. The Morgan fingerprint density at radius 2 is 1.79 bits per heavy atom. The average molecular weight is 317 g/mol. The number of urea groups is 1. The standard InChI is InChI=1S/C18H15N5O/c1-23-16(14-5-3-2-4-6-14)11-17(22-23)21-18(24)20-15-9-7-13(12-19)8-10-15/h2-11H,1H3,(H2,20,21,22,24). The van der Waals surface area contributed by atoms with E-state index in [1.165, 1.54) is 0 Å². The molecule has 0 aliphatic carbocycles. The number of anilines is 2. The van der Waals surface area contributed by atoms with Crippen LogP contribution in [0.5, 0.6) is 0 Å². The minimum atomic E-state index is -0.391. The number of nitrogens with one attached hydrogen (secondary N) is 2. The van der Waals surface area contributed by atoms with Gasteiger partial charge in [-0.05, 0) is 29.8 Å². The van der Waals surface area contributed by atoms with E-state index in [0.717, 1.165) is 11.3 Å². The molecule has 0 radical (unpaired) electrons. The van der Waals surface area contributed by atoms with Gasteiger partial charge in [0.1, 0.15) is 0 Å². The molecule has 3 rings (SSSR count). The summed E-state index contributed by atoms with van der Waals surface area (Å²) < 4.78 is 1.71. The van der Waals surface area contributed by atoms with Gasteiger partial charge < -0.3 is 5.32 Å². The zero-order valence-electron chi connectivity index (χ0n) is 13.0. The van der Waals surface area contributed by atoms with E-state index in [0.29, 0.717) is 17.1 Å². The maximum absolute atomic E-state index is 12.1. The summed E-state index contributed by atoms with van der Waals surface area (Å²) in [6.45, 7) is 0. The highest BCUT2D eigenvalue weighted by Gasteiger charge is 2.10. The van der Waals surface area contributed by atoms with E-state index < -0.39 is 6.03 Å². The van der Waals surface area contributed by atoms with Crippen LogP contribution < -0.4 is 10.6 Å². The van der Waals surface area contributed by atoms with Gasteiger partial charge in [-0.2, -0.15) is 10.4 Å². The van der Waals surface area contributed by atoms with E-state index in [2.05, 4.69) is 15.7 Å². The number of aromatic nitrogens is 2. The topological polar surface area (TPSA) is 82.7 Å². The third kappa shape index (κ3) is 3.42. The highest BCUT2D eigenvalue weighted by Crippen LogP contribution is 2.21. The van der Waals surface area contributed by atoms with E-state index in [4.69, 9.17) is 5.26 Å². The van der Waals surface area contributed by atoms with Crippen LogP contribution in [-0.2, 0) is 7.05 Å². The lowest BCUT2D eigenvalue weighted by molar-refractivity contribution is 0.262. The van der Waals surface area contributed by atoms with Crippen LogP contribution in [0.4, 0.5) is 16.3 Å². The first-order valence-electron chi connectivity index (χ1n) is 7.33. The fourth-order valence-electron chi connectivity index (χ4n) is 2.31. The molecule has 0 fully saturated rings. The molecule has 3 aromatic rings. The van der Waals surface area contributed by atoms with Crippen molar-refractivity contribution < 1.29 is 4.79 Å². The number of nitriles is 1. The van der Waals surface area contributed by atoms with Gasteiger partial charge >= 0.3 is 6.03 Å². The van der Waals surface area contributed by atoms with Crippen molar-refractivity contribution in [2.24, 2.45) is 7.05 Å². The van der Waals surface area contributed by atoms with Crippen LogP contribution in [-0.4, -0.2) is 15.8 Å². The summed E-state index contributed by atoms with van der Waals surface area (Å²) in [7, 11) is 1.83. The first-order valence-corrected chi connectivity index (χ1v) is 7.33. The van der Waals surface area contributed by atoms with Crippen molar-refractivity contribution in [1.82, 2.24) is 9.78 Å². The van der Waals surface area contributed by atoms with Gasteiger partial charge in [0.2, 0.25) is 0 Å². The lowest BCUT2D eigenvalue weighted by Gasteiger charge is -2.05. The summed E-state index contributed by atoms with van der Waals surface area (Å²) in [5, 5.41) is 18.5. The smallest absolute Gasteiger partial charge is 0.308 e. The van der Waals surface area contributed by atoms with Gasteiger partial charge in [0.25, 0.3) is 0 Å². The Hall–Kier alpha value is -3.59. The molecule has 0 spiro atoms. The number of aryl methyl sites for hydroxylation is 1. The molecule has 2 N–H and O–H groups in total. The summed E-state index contributed by atoms with van der Waals surface area (Å²) in [6, 6.07) is 19.9. The van der Waals surface area contributed by atoms with Crippen molar-refractivity contribution in [2.45, 2.75) is 0 Å². The van der Waals surface area contributed by atoms with E-state index in [1.54, 1.807) is 28.9 Å². The van der Waals surface area contributed by atoms with E-state index in [-0.39, 0.29) is 0 Å². The predicted molar refractivity (Wildman–Crippen MR) is 92.4 cm³/mol. The largest absolute Gasteiger partial charge is 0.324 e. The molecule has 2 aromatic carbocycles. The Morgan fingerprint density at radius 3 is 2.46 bits per heavy atom. The number of amides is 2. The first-order chi connectivity index (χ1) is 11.7. The highest BCUT2D eigenvalue weighted by molar-refractivity contribution is 5.99. The minimum absolute atomic E-state index is 0.391. The molecule has 6 nitrogen and oxygen atoms in total. The van der Waals surface area contributed by atoms with Crippen LogP contribution in [0.3, 0.4) is 0 Å². The van der Waals surface area contributed by atoms with Gasteiger partial charge in [-0.25, -0.2) is 4.79 Å². The average Bonchev–Trinajstić information content (AvgIpc) is 2.96. The van der Waals surface area contributed by atoms with Gasteiger partial charge in [-0.15, -0.1) is 0 Å². The third-order valence-electron chi connectivity index (χ3n) is 3.46. The SMILES string of the molecule is Cn1nc(NC(=O)Nc2ccc(C#N)cc2)cc1-c1ccccc1. The van der Waals surface area contributed by atoms with Crippen LogP contribution in [0.15, 0.2) is 60.7 Å². The van der Waals surface area contributed by atoms with Crippen LogP contribution in [0, 0.1) is 11.3 Å². The first kappa shape index (κ1) is 15.3. The second-order valence-corrected chi connectivity index (χ2v) is 5.17. The molecule has 1 heterocycles. The third-order valence-corrected chi connectivity index (χ3v) is 3.46. The number of carbonyl (C=O) groups is 1. The van der Waals surface area contributed by atoms with Crippen molar-refractivity contribution in [2.75, 3.05) is 10.6 Å². The molecule has 0 unspecified atom stereocenters. The van der Waals surface area contributed by atoms with Crippen LogP contribution in [0.25, 0.3) is 11.3 Å². The molecular weight excluding hydrogens is 302 g/mol. The van der Waals surface area contributed by atoms with E-state index in [1.807, 2.05) is 49.5 Å². The van der Waals surface area contributed by atoms with Crippen molar-refractivity contribution in [1.29, 1.82) is 5.26 Å². The summed E-state index contributed by atoms with van der Waals surface area (Å²) in [5.41, 5.74) is 3.07. The Labute approximate surface area is 139 Å². The summed E-state index contributed by atoms with van der Waals surface area (Å²) in [6.07, 6.45) is 0. The predicted octanol–water partition coefficient (Wildman–Crippen LogP) is 3.60. The molecule has 0 aliphatic heterocycles. The quantitative estimate of drug-likeness (QED) is 0.774. The lowest BCUT2D eigenvalue weighted by atomic mass is 10.1. The molecule has 0 aliphatic rings. The lowest BCUT2D eigenvalue weighted by Crippen LogP contribution is -2.19. The normalized spacial score (nSPS) is 10.0. The monoisotopic (exact) mass is 317 g/mol. The number of rotatable bonds is 3. The number of nitrogens with zero attached hydrogens (tertiary/aromatic N) is 3. The number of hydrogen-bond acceptors (Lipinski definition) is 3. The molecule has 0 atom stereocenters. The summed E-state index contributed by atoms with van der Waals surface area (Å²) in [4.78, 5) is 12.1. The molecule has 2 amide bonds. The zero-order valence-corrected chi connectivity index (χ0v) is 13.0. The molecular formula is C18H15N5O. The van der Waals surface area contributed by atoms with Crippen molar-refractivity contribution in [3.63, 3.8) is 0 Å². The maximum atomic E-state index is 12.1. The van der Waals surface area contributed by atoms with E-state index in [9.17, 15) is 4.79 Å². The van der Waals surface area contributed by atoms with Crippen LogP contribution in [0.2, 0.25) is 0 Å². The van der Waals surface area contributed by atoms with Gasteiger partial charge in [-0.3, -0.25) is 10.00 Å². The Bertz CT molecular complexity index is 891. The molecule has 6 heteroatoms. The fraction of sp³-hybridized carbons (Fsp3) is 0.0556. The number of carbonyl (C=O) groups excluding carboxylic acids is 1. The minimum Gasteiger partial charge on any atom is -0.308 e. The molecule has 118 valence electrons.